The first-order valence-corrected chi connectivity index (χ1v) is 19.6. The van der Waals surface area contributed by atoms with Gasteiger partial charge in [-0.1, -0.05) is 0 Å². The number of hydrogen-bond acceptors (Lipinski definition) is 12. The number of aromatic hydroxyl groups is 1. The van der Waals surface area contributed by atoms with E-state index in [1.54, 1.807) is 13.0 Å². The molecule has 5 atom stereocenters. The molecule has 6 aliphatic heterocycles. The number of allylic oxidation sites excluding steroid dienone is 1. The van der Waals surface area contributed by atoms with Crippen molar-refractivity contribution in [1.82, 2.24) is 9.97 Å². The number of epoxide rings is 1. The Morgan fingerprint density at radius 2 is 1.80 bits per heavy atom. The maximum atomic E-state index is 14.5. The van der Waals surface area contributed by atoms with Crippen molar-refractivity contribution in [1.29, 1.82) is 0 Å². The molecule has 56 heavy (non-hydrogen) atoms. The number of quaternary nitrogens is 1. The maximum Gasteiger partial charge on any atom is 0.341 e. The van der Waals surface area contributed by atoms with E-state index in [0.29, 0.717) is 53.8 Å². The molecular weight excluding hydrogens is 713 g/mol. The zero-order valence-corrected chi connectivity index (χ0v) is 31.6. The molecule has 0 radical (unpaired) electrons. The molecule has 2 bridgehead atoms. The summed E-state index contributed by atoms with van der Waals surface area (Å²) in [5, 5.41) is 11.8. The Morgan fingerprint density at radius 3 is 2.61 bits per heavy atom. The number of esters is 1. The molecule has 7 aliphatic rings. The molecule has 1 spiro atoms. The summed E-state index contributed by atoms with van der Waals surface area (Å²) in [5.41, 5.74) is 16.7. The summed E-state index contributed by atoms with van der Waals surface area (Å²) >= 11 is 0. The Labute approximate surface area is 323 Å². The lowest BCUT2D eigenvalue weighted by atomic mass is 9.66. The first-order valence-electron chi connectivity index (χ1n) is 19.6. The van der Waals surface area contributed by atoms with Crippen LogP contribution >= 0.6 is 0 Å². The number of phenols is 1. The number of aryl methyl sites for hydroxylation is 2. The lowest BCUT2D eigenvalue weighted by Crippen LogP contribution is -3.04. The molecule has 13 nitrogen and oxygen atoms in total. The molecular formula is C43H45N6O7+. The van der Waals surface area contributed by atoms with Gasteiger partial charge in [-0.05, 0) is 101 Å². The van der Waals surface area contributed by atoms with Gasteiger partial charge in [-0.3, -0.25) is 14.7 Å². The van der Waals surface area contributed by atoms with Crippen LogP contribution in [0.3, 0.4) is 0 Å². The summed E-state index contributed by atoms with van der Waals surface area (Å²) in [4.78, 5) is 42.5. The van der Waals surface area contributed by atoms with Crippen molar-refractivity contribution in [3.8, 4) is 22.8 Å². The second-order valence-electron chi connectivity index (χ2n) is 16.9. The lowest BCUT2D eigenvalue weighted by Gasteiger charge is -2.47. The van der Waals surface area contributed by atoms with Crippen LogP contribution in [0.15, 0.2) is 74.1 Å². The Bertz CT molecular complexity index is 2500. The molecule has 288 valence electrons. The van der Waals surface area contributed by atoms with Crippen molar-refractivity contribution in [2.75, 3.05) is 18.0 Å². The quantitative estimate of drug-likeness (QED) is 0.161. The van der Waals surface area contributed by atoms with Gasteiger partial charge < -0.3 is 35.2 Å². The SMILES string of the molecule is Cc1cc(=O)c2c(O)c3c(cc2o1)OC(C)(C)C1OC(=O)C2(OC2CCc2cc(N)nc(-c4cc(N)nc(C[NH+]5C=C6N=CC=C6C5)c4)c2)C2CCC(CC2)C31. The number of fused-ring (bicyclic) bond motifs is 6. The molecule has 3 saturated heterocycles. The minimum atomic E-state index is -1.07. The number of nitrogens with two attached hydrogens (primary N) is 2. The van der Waals surface area contributed by atoms with Gasteiger partial charge in [0.15, 0.2) is 11.0 Å². The number of ether oxygens (including phenoxy) is 3. The number of aliphatic imine (C=N–C) groups is 1. The van der Waals surface area contributed by atoms with E-state index in [1.807, 2.05) is 50.4 Å². The van der Waals surface area contributed by atoms with Gasteiger partial charge in [0.05, 0.1) is 17.5 Å². The van der Waals surface area contributed by atoms with E-state index in [4.69, 9.17) is 30.1 Å². The van der Waals surface area contributed by atoms with Gasteiger partial charge in [0.2, 0.25) is 0 Å². The van der Waals surface area contributed by atoms with E-state index in [9.17, 15) is 14.7 Å². The van der Waals surface area contributed by atoms with E-state index in [0.717, 1.165) is 54.7 Å². The molecule has 1 saturated carbocycles. The van der Waals surface area contributed by atoms with Crippen molar-refractivity contribution < 1.29 is 33.4 Å². The maximum absolute atomic E-state index is 14.5. The molecule has 4 aromatic rings. The Balaban J connectivity index is 0.899. The monoisotopic (exact) mass is 757 g/mol. The number of aromatic nitrogens is 2. The molecule has 4 fully saturated rings. The Morgan fingerprint density at radius 1 is 1.00 bits per heavy atom. The number of hydrogen-bond donors (Lipinski definition) is 4. The highest BCUT2D eigenvalue weighted by Crippen LogP contribution is 2.60. The molecule has 3 aromatic heterocycles. The van der Waals surface area contributed by atoms with Gasteiger partial charge in [0.1, 0.15) is 76.6 Å². The fourth-order valence-corrected chi connectivity index (χ4v) is 10.3. The zero-order chi connectivity index (χ0) is 38.7. The third-order valence-electron chi connectivity index (χ3n) is 12.8. The molecule has 0 amide bonds. The van der Waals surface area contributed by atoms with Crippen LogP contribution < -0.4 is 26.5 Å². The predicted molar refractivity (Wildman–Crippen MR) is 208 cm³/mol. The van der Waals surface area contributed by atoms with Gasteiger partial charge in [-0.25, -0.2) is 14.8 Å². The summed E-state index contributed by atoms with van der Waals surface area (Å²) in [6, 6.07) is 10.8. The highest BCUT2D eigenvalue weighted by atomic mass is 16.7. The molecule has 1 aliphatic carbocycles. The number of benzene rings is 1. The van der Waals surface area contributed by atoms with Crippen LogP contribution in [-0.4, -0.2) is 57.2 Å². The van der Waals surface area contributed by atoms with Crippen molar-refractivity contribution in [2.45, 2.75) is 95.2 Å². The van der Waals surface area contributed by atoms with Crippen molar-refractivity contribution in [3.63, 3.8) is 0 Å². The van der Waals surface area contributed by atoms with E-state index in [1.165, 1.54) is 16.5 Å². The lowest BCUT2D eigenvalue weighted by molar-refractivity contribution is -0.852. The van der Waals surface area contributed by atoms with Gasteiger partial charge in [0, 0.05) is 46.9 Å². The molecule has 9 heterocycles. The van der Waals surface area contributed by atoms with E-state index < -0.39 is 23.3 Å². The van der Waals surface area contributed by atoms with Gasteiger partial charge >= 0.3 is 5.97 Å². The third kappa shape index (κ3) is 5.62. The second kappa shape index (κ2) is 12.5. The summed E-state index contributed by atoms with van der Waals surface area (Å²) < 4.78 is 25.4. The number of anilines is 2. The fourth-order valence-electron chi connectivity index (χ4n) is 10.3. The summed E-state index contributed by atoms with van der Waals surface area (Å²) in [5.74, 6) is 0.857. The highest BCUT2D eigenvalue weighted by molar-refractivity contribution is 5.88. The summed E-state index contributed by atoms with van der Waals surface area (Å²) in [6.45, 7) is 7.02. The summed E-state index contributed by atoms with van der Waals surface area (Å²) in [6.07, 6.45) is 9.35. The smallest absolute Gasteiger partial charge is 0.341 e. The molecule has 5 unspecified atom stereocenters. The minimum absolute atomic E-state index is 0.00698. The van der Waals surface area contributed by atoms with Crippen molar-refractivity contribution in [3.05, 3.63) is 92.7 Å². The van der Waals surface area contributed by atoms with E-state index >= 15 is 0 Å². The number of nitrogens with one attached hydrogen (secondary N) is 1. The molecule has 6 N–H and O–H groups in total. The van der Waals surface area contributed by atoms with E-state index in [2.05, 4.69) is 21.2 Å². The predicted octanol–water partition coefficient (Wildman–Crippen LogP) is 4.44. The molecule has 11 rings (SSSR count). The first-order chi connectivity index (χ1) is 26.9. The number of nitrogens with zero attached hydrogens (tertiary/aromatic N) is 3. The number of nitrogen functional groups attached to an aromatic ring is 2. The fraction of sp³-hybridized carbons (Fsp3) is 0.419. The summed E-state index contributed by atoms with van der Waals surface area (Å²) in [7, 11) is 0. The average molecular weight is 758 g/mol. The molecule has 1 aromatic carbocycles. The number of phenolic OH excluding ortho intramolecular Hbond substituents is 1. The number of carbonyl (C=O) groups excluding carboxylic acids is 1. The number of pyridine rings is 2. The van der Waals surface area contributed by atoms with Crippen LogP contribution in [-0.2, 0) is 27.2 Å². The highest BCUT2D eigenvalue weighted by Gasteiger charge is 2.69. The number of rotatable bonds is 6. The van der Waals surface area contributed by atoms with Crippen LogP contribution in [0.25, 0.3) is 22.2 Å². The normalized spacial score (nSPS) is 29.4. The van der Waals surface area contributed by atoms with Crippen molar-refractivity contribution >= 4 is 34.8 Å². The van der Waals surface area contributed by atoms with Gasteiger partial charge in [-0.2, -0.15) is 0 Å². The standard InChI is InChI=1S/C43H44N6O7/c1-21-12-30(50)37-31(53-21)17-32-38(39(37)51)36-23-5-7-26(8-6-23)43(41(52)54-40(36)42(2,3)55-32)33(56-43)9-4-22-13-28(48-34(44)14-22)25-15-27(47-35(45)16-25)19-49-18-24-10-11-46-29(24)20-49/h10-17,20,23,26,33,36,40,51H,4-9,18-19H2,1-3H3,(H2,44,48)(H2,45,47)/p+1. The Hall–Kier alpha value is -5.53. The zero-order valence-electron chi connectivity index (χ0n) is 31.6. The van der Waals surface area contributed by atoms with Crippen molar-refractivity contribution in [2.24, 2.45) is 16.8 Å². The number of carbonyl (C=O) groups is 1. The van der Waals surface area contributed by atoms with Gasteiger partial charge in [0.25, 0.3) is 0 Å². The minimum Gasteiger partial charge on any atom is -0.507 e. The van der Waals surface area contributed by atoms with Crippen LogP contribution in [0, 0.1) is 18.8 Å². The van der Waals surface area contributed by atoms with Crippen LogP contribution in [0.1, 0.15) is 74.5 Å². The topological polar surface area (TPSA) is 193 Å². The van der Waals surface area contributed by atoms with Crippen LogP contribution in [0.2, 0.25) is 0 Å². The van der Waals surface area contributed by atoms with Crippen LogP contribution in [0.5, 0.6) is 11.5 Å². The average Bonchev–Trinajstić information content (AvgIpc) is 3.48. The Kier molecular flexibility index (Phi) is 7.79. The molecule has 13 heteroatoms. The third-order valence-corrected chi connectivity index (χ3v) is 12.8. The largest absolute Gasteiger partial charge is 0.507 e. The van der Waals surface area contributed by atoms with Gasteiger partial charge in [-0.15, -0.1) is 0 Å². The first kappa shape index (κ1) is 34.9. The second-order valence-corrected chi connectivity index (χ2v) is 16.9. The van der Waals surface area contributed by atoms with Crippen LogP contribution in [0.4, 0.5) is 11.6 Å². The van der Waals surface area contributed by atoms with E-state index in [-0.39, 0.29) is 46.0 Å².